The van der Waals surface area contributed by atoms with E-state index in [1.165, 1.54) is 165 Å². The minimum atomic E-state index is 1.27. The topological polar surface area (TPSA) is 0 Å². The van der Waals surface area contributed by atoms with Crippen LogP contribution in [0.15, 0.2) is 328 Å². The van der Waals surface area contributed by atoms with Crippen molar-refractivity contribution in [2.75, 3.05) is 0 Å². The van der Waals surface area contributed by atoms with E-state index in [-0.39, 0.29) is 0 Å². The van der Waals surface area contributed by atoms with E-state index in [2.05, 4.69) is 425 Å². The van der Waals surface area contributed by atoms with Crippen molar-refractivity contribution in [3.8, 4) is 22.3 Å². The van der Waals surface area contributed by atoms with E-state index in [0.29, 0.717) is 0 Å². The van der Waals surface area contributed by atoms with Crippen LogP contribution in [-0.4, -0.2) is 0 Å². The van der Waals surface area contributed by atoms with Crippen LogP contribution in [0.3, 0.4) is 0 Å². The van der Waals surface area contributed by atoms with E-state index in [1.807, 2.05) is 0 Å². The molecule has 0 amide bonds. The maximum absolute atomic E-state index is 2.26. The van der Waals surface area contributed by atoms with Gasteiger partial charge in [0.25, 0.3) is 0 Å². The summed E-state index contributed by atoms with van der Waals surface area (Å²) in [5.74, 6) is 0. The van der Waals surface area contributed by atoms with Gasteiger partial charge in [0.2, 0.25) is 0 Å². The molecule has 0 heteroatoms. The molecule has 0 spiro atoms. The average Bonchev–Trinajstić information content (AvgIpc) is 0.821. The summed E-state index contributed by atoms with van der Waals surface area (Å²) in [6, 6.07) is 116. The quantitative estimate of drug-likeness (QED) is 0.120. The van der Waals surface area contributed by atoms with E-state index in [1.54, 1.807) is 0 Å². The van der Waals surface area contributed by atoms with Crippen molar-refractivity contribution in [3.63, 3.8) is 0 Å². The molecule has 488 valence electrons. The highest BCUT2D eigenvalue weighted by atomic mass is 14.1. The molecule has 0 atom stereocenters. The Kier molecular flexibility index (Phi) is 25.6. The Morgan fingerprint density at radius 2 is 0.459 bits per heavy atom. The second-order valence-corrected chi connectivity index (χ2v) is 26.2. The van der Waals surface area contributed by atoms with Crippen LogP contribution in [0.1, 0.15) is 77.9 Å². The molecule has 16 aromatic carbocycles. The average molecular weight is 1270 g/mol. The van der Waals surface area contributed by atoms with Crippen LogP contribution < -0.4 is 0 Å². The molecule has 0 saturated carbocycles. The molecule has 98 heavy (non-hydrogen) atoms. The fraction of sp³-hybridized carbons (Fsp3) is 0.143. The van der Waals surface area contributed by atoms with Gasteiger partial charge in [-0.25, -0.2) is 0 Å². The lowest BCUT2D eigenvalue weighted by Crippen LogP contribution is -1.84. The molecule has 0 radical (unpaired) electrons. The van der Waals surface area contributed by atoms with Gasteiger partial charge in [-0.05, 0) is 253 Å². The summed E-state index contributed by atoms with van der Waals surface area (Å²) in [5.41, 5.74) is 24.1. The van der Waals surface area contributed by atoms with Gasteiger partial charge in [0.1, 0.15) is 0 Å². The predicted molar refractivity (Wildman–Crippen MR) is 434 cm³/mol. The molecule has 0 N–H and O–H groups in total. The van der Waals surface area contributed by atoms with Gasteiger partial charge in [-0.2, -0.15) is 0 Å². The Labute approximate surface area is 585 Å². The minimum Gasteiger partial charge on any atom is -0.0622 e. The Balaban J connectivity index is 0.000000134. The van der Waals surface area contributed by atoms with Crippen molar-refractivity contribution in [2.45, 2.75) is 96.9 Å². The van der Waals surface area contributed by atoms with Crippen LogP contribution in [0, 0.1) is 96.9 Å². The molecule has 0 aliphatic heterocycles. The van der Waals surface area contributed by atoms with Gasteiger partial charge in [0.05, 0.1) is 0 Å². The minimum absolute atomic E-state index is 1.27. The SMILES string of the molecule is Cc1c2ccccc2cc2ccccc12.Cc1cc(-c2ccccc2)cc(-c2ccccc2)c1.Cc1cc(C)cc(C)c1.Cc1cc2ccccc2c2ccccc12.Cc1ccc2cc3ccccc3cc2c1.Cc1cccc(C)c1.Cc1cccc(C)c1C.Cc1ccccc1C. The molecule has 0 saturated heterocycles. The molecule has 0 aromatic heterocycles. The Hall–Kier alpha value is -10.9. The smallest absolute Gasteiger partial charge is 0.0103 e. The third-order valence-corrected chi connectivity index (χ3v) is 18.0. The van der Waals surface area contributed by atoms with Crippen molar-refractivity contribution in [1.29, 1.82) is 0 Å². The summed E-state index contributed by atoms with van der Waals surface area (Å²) in [6.07, 6.45) is 0. The van der Waals surface area contributed by atoms with E-state index >= 15 is 0 Å². The molecular formula is C98H96. The summed E-state index contributed by atoms with van der Waals surface area (Å²) in [7, 11) is 0. The molecule has 0 bridgehead atoms. The number of benzene rings is 16. The molecule has 0 unspecified atom stereocenters. The number of fused-ring (bicyclic) bond motifs is 7. The Bertz CT molecular complexity index is 5000. The second kappa shape index (κ2) is 35.2. The summed E-state index contributed by atoms with van der Waals surface area (Å²) in [4.78, 5) is 0. The lowest BCUT2D eigenvalue weighted by Gasteiger charge is -2.08. The first-order chi connectivity index (χ1) is 47.4. The lowest BCUT2D eigenvalue weighted by molar-refractivity contribution is 1.27. The summed E-state index contributed by atoms with van der Waals surface area (Å²) in [5, 5.41) is 16.0. The molecular weight excluding hydrogens is 1180 g/mol. The first-order valence-electron chi connectivity index (χ1n) is 34.4. The molecule has 0 nitrogen and oxygen atoms in total. The molecule has 16 rings (SSSR count). The van der Waals surface area contributed by atoms with Crippen LogP contribution in [0.4, 0.5) is 0 Å². The maximum Gasteiger partial charge on any atom is -0.0103 e. The zero-order chi connectivity index (χ0) is 69.5. The van der Waals surface area contributed by atoms with Crippen molar-refractivity contribution < 1.29 is 0 Å². The third kappa shape index (κ3) is 20.3. The van der Waals surface area contributed by atoms with Crippen molar-refractivity contribution >= 4 is 64.6 Å². The van der Waals surface area contributed by atoms with Crippen LogP contribution in [-0.2, 0) is 0 Å². The van der Waals surface area contributed by atoms with Crippen molar-refractivity contribution in [3.05, 3.63) is 405 Å². The summed E-state index contributed by atoms with van der Waals surface area (Å²) >= 11 is 0. The van der Waals surface area contributed by atoms with Gasteiger partial charge in [-0.3, -0.25) is 0 Å². The summed E-state index contributed by atoms with van der Waals surface area (Å²) < 4.78 is 0. The molecule has 16 aromatic rings. The Morgan fingerprint density at radius 1 is 0.133 bits per heavy atom. The van der Waals surface area contributed by atoms with E-state index < -0.39 is 0 Å². The highest BCUT2D eigenvalue weighted by Crippen LogP contribution is 2.31. The zero-order valence-electron chi connectivity index (χ0n) is 60.2. The number of hydrogen-bond donors (Lipinski definition) is 0. The maximum atomic E-state index is 2.26. The highest BCUT2D eigenvalue weighted by Gasteiger charge is 2.06. The largest absolute Gasteiger partial charge is 0.0622 e. The van der Waals surface area contributed by atoms with Crippen LogP contribution >= 0.6 is 0 Å². The fourth-order valence-corrected chi connectivity index (χ4v) is 12.5. The normalized spacial score (nSPS) is 10.3. The van der Waals surface area contributed by atoms with Gasteiger partial charge in [0, 0.05) is 0 Å². The van der Waals surface area contributed by atoms with Gasteiger partial charge in [-0.15, -0.1) is 0 Å². The number of rotatable bonds is 2. The van der Waals surface area contributed by atoms with Crippen LogP contribution in [0.2, 0.25) is 0 Å². The second-order valence-electron chi connectivity index (χ2n) is 26.2. The number of aryl methyl sites for hydroxylation is 13. The zero-order valence-corrected chi connectivity index (χ0v) is 60.2. The predicted octanol–water partition coefficient (Wildman–Crippen LogP) is 28.1. The third-order valence-electron chi connectivity index (χ3n) is 18.0. The van der Waals surface area contributed by atoms with E-state index in [9.17, 15) is 0 Å². The molecule has 0 fully saturated rings. The van der Waals surface area contributed by atoms with Gasteiger partial charge in [-0.1, -0.05) is 337 Å². The van der Waals surface area contributed by atoms with Crippen molar-refractivity contribution in [1.82, 2.24) is 0 Å². The summed E-state index contributed by atoms with van der Waals surface area (Å²) in [6.45, 7) is 29.9. The first kappa shape index (κ1) is 71.4. The standard InChI is InChI=1S/C19H16.3C15H12.2C9H12.2C8H10/c1-15-12-18(16-8-4-2-5-9-16)14-19(13-15)17-10-6-3-7-11-17;1-11-14-8-4-2-6-12(14)10-13-7-3-5-9-15(11)13;1-11-10-12-6-2-3-8-14(12)15-9-5-4-7-13(11)15;1-11-6-7-14-9-12-4-2-3-5-13(12)10-15(14)8-11;1-7-4-8(2)6-9(3)5-7;1-7-5-4-6-8(2)9(7)3;1-7-4-3-5-8(2)6-7;1-7-5-3-4-6-8(7)2/h2-14H,1H3;3*2-10H,1H3;2*4-6H,1-3H3;2*3-6H,1-2H3. The fourth-order valence-electron chi connectivity index (χ4n) is 12.5. The Morgan fingerprint density at radius 3 is 0.908 bits per heavy atom. The monoisotopic (exact) mass is 1270 g/mol. The molecule has 0 heterocycles. The number of hydrogen-bond acceptors (Lipinski definition) is 0. The van der Waals surface area contributed by atoms with Crippen LogP contribution in [0.5, 0.6) is 0 Å². The van der Waals surface area contributed by atoms with Gasteiger partial charge >= 0.3 is 0 Å². The van der Waals surface area contributed by atoms with E-state index in [0.717, 1.165) is 0 Å². The first-order valence-corrected chi connectivity index (χ1v) is 34.4. The highest BCUT2D eigenvalue weighted by molar-refractivity contribution is 6.09. The van der Waals surface area contributed by atoms with Gasteiger partial charge in [0.15, 0.2) is 0 Å². The van der Waals surface area contributed by atoms with Crippen molar-refractivity contribution in [2.24, 2.45) is 0 Å². The van der Waals surface area contributed by atoms with Crippen LogP contribution in [0.25, 0.3) is 86.9 Å². The molecule has 0 aliphatic rings. The molecule has 0 aliphatic carbocycles. The lowest BCUT2D eigenvalue weighted by atomic mass is 9.97. The van der Waals surface area contributed by atoms with E-state index in [4.69, 9.17) is 0 Å². The van der Waals surface area contributed by atoms with Gasteiger partial charge < -0.3 is 0 Å².